The molecule has 9 heteroatoms. The van der Waals surface area contributed by atoms with Gasteiger partial charge >= 0.3 is 13.8 Å². The lowest BCUT2D eigenvalue weighted by molar-refractivity contribution is -0.140. The van der Waals surface area contributed by atoms with Crippen LogP contribution in [-0.4, -0.2) is 49.9 Å². The lowest BCUT2D eigenvalue weighted by Gasteiger charge is -2.14. The third kappa shape index (κ3) is 6.03. The maximum Gasteiger partial charge on any atom is 0.526 e. The van der Waals surface area contributed by atoms with Crippen LogP contribution >= 0.6 is 7.82 Å². The molecule has 8 nitrogen and oxygen atoms in total. The van der Waals surface area contributed by atoms with Gasteiger partial charge in [0.25, 0.3) is 0 Å². The van der Waals surface area contributed by atoms with Crippen molar-refractivity contribution in [2.45, 2.75) is 18.6 Å². The molecule has 0 aliphatic carbocycles. The monoisotopic (exact) mass is 230 g/mol. The number of aliphatic hydroxyl groups is 3. The molecule has 0 aromatic rings. The van der Waals surface area contributed by atoms with Crippen molar-refractivity contribution in [3.63, 3.8) is 0 Å². The molecule has 0 rings (SSSR count). The van der Waals surface area contributed by atoms with E-state index in [1.807, 2.05) is 0 Å². The van der Waals surface area contributed by atoms with Gasteiger partial charge in [0.15, 0.2) is 0 Å². The second-order valence-electron chi connectivity index (χ2n) is 2.48. The highest BCUT2D eigenvalue weighted by Crippen LogP contribution is 2.36. The molecule has 0 unspecified atom stereocenters. The number of rotatable bonds is 5. The summed E-state index contributed by atoms with van der Waals surface area (Å²) in [4.78, 5) is 27.0. The van der Waals surface area contributed by atoms with Crippen LogP contribution in [0.25, 0.3) is 0 Å². The lowest BCUT2D eigenvalue weighted by atomic mass is 10.1. The van der Waals surface area contributed by atoms with Crippen LogP contribution in [0.1, 0.15) is 6.42 Å². The number of hydrogen-bond donors (Lipinski definition) is 5. The Morgan fingerprint density at radius 2 is 1.79 bits per heavy atom. The van der Waals surface area contributed by atoms with Crippen molar-refractivity contribution in [1.82, 2.24) is 0 Å². The van der Waals surface area contributed by atoms with Gasteiger partial charge in [-0.3, -0.25) is 14.6 Å². The van der Waals surface area contributed by atoms with Crippen LogP contribution in [0.5, 0.6) is 0 Å². The molecule has 0 aromatic heterocycles. The third-order valence-electron chi connectivity index (χ3n) is 1.23. The van der Waals surface area contributed by atoms with Crippen LogP contribution in [0.15, 0.2) is 0 Å². The van der Waals surface area contributed by atoms with Gasteiger partial charge in [-0.1, -0.05) is 0 Å². The largest absolute Gasteiger partial charge is 0.526 e. The summed E-state index contributed by atoms with van der Waals surface area (Å²) in [6.45, 7) is -0.773. The molecule has 0 fully saturated rings. The molecule has 84 valence electrons. The van der Waals surface area contributed by atoms with Crippen LogP contribution in [0.4, 0.5) is 0 Å². The molecule has 0 aliphatic rings. The maximum absolute atomic E-state index is 10.6. The third-order valence-corrected chi connectivity index (χ3v) is 1.67. The van der Waals surface area contributed by atoms with Crippen LogP contribution < -0.4 is 0 Å². The van der Waals surface area contributed by atoms with Crippen molar-refractivity contribution in [3.05, 3.63) is 0 Å². The number of hydrogen-bond acceptors (Lipinski definition) is 6. The van der Waals surface area contributed by atoms with E-state index in [1.165, 1.54) is 0 Å². The fraction of sp³-hybridized carbons (Fsp3) is 0.800. The van der Waals surface area contributed by atoms with Crippen LogP contribution in [0.3, 0.4) is 0 Å². The molecule has 0 aromatic carbocycles. The zero-order valence-electron chi connectivity index (χ0n) is 6.98. The summed E-state index contributed by atoms with van der Waals surface area (Å²) < 4.78 is 13.7. The first-order chi connectivity index (χ1) is 6.26. The van der Waals surface area contributed by atoms with Gasteiger partial charge in [-0.15, -0.1) is 0 Å². The van der Waals surface area contributed by atoms with Gasteiger partial charge in [-0.25, -0.2) is 4.57 Å². The Morgan fingerprint density at radius 1 is 1.29 bits per heavy atom. The van der Waals surface area contributed by atoms with Crippen LogP contribution in [-0.2, 0) is 13.9 Å². The second-order valence-corrected chi connectivity index (χ2v) is 3.64. The molecule has 5 N–H and O–H groups in total. The summed E-state index contributed by atoms with van der Waals surface area (Å²) in [5.41, 5.74) is 0. The molecule has 0 saturated carbocycles. The molecule has 0 bridgehead atoms. The van der Waals surface area contributed by atoms with Gasteiger partial charge in [0.2, 0.25) is 0 Å². The van der Waals surface area contributed by atoms with E-state index < -0.39 is 39.0 Å². The minimum absolute atomic E-state index is 0.773. The van der Waals surface area contributed by atoms with E-state index in [4.69, 9.17) is 25.1 Å². The van der Waals surface area contributed by atoms with E-state index in [2.05, 4.69) is 4.52 Å². The Labute approximate surface area is 79.0 Å². The summed E-state index contributed by atoms with van der Waals surface area (Å²) in [5, 5.41) is 26.0. The molecule has 0 spiro atoms. The van der Waals surface area contributed by atoms with Gasteiger partial charge in [-0.2, -0.15) is 0 Å². The zero-order chi connectivity index (χ0) is 11.4. The molecule has 2 atom stereocenters. The number of carbonyl (C=O) groups excluding carboxylic acids is 1. The standard InChI is InChI=1S/C5H11O8P/c6-2-4(8)3(7)1-5(9)13-14(10,11)12/h3-4,6-8H,1-2H2,(H2,10,11,12)/t3-,4+/m0/s1. The van der Waals surface area contributed by atoms with Gasteiger partial charge in [0, 0.05) is 0 Å². The van der Waals surface area contributed by atoms with Crippen LogP contribution in [0.2, 0.25) is 0 Å². The highest BCUT2D eigenvalue weighted by Gasteiger charge is 2.25. The zero-order valence-corrected chi connectivity index (χ0v) is 7.87. The maximum atomic E-state index is 10.6. The van der Waals surface area contributed by atoms with E-state index in [9.17, 15) is 9.36 Å². The Bertz CT molecular complexity index is 234. The second kappa shape index (κ2) is 5.40. The molecular formula is C5H11O8P. The minimum atomic E-state index is -4.92. The molecule has 0 saturated heterocycles. The van der Waals surface area contributed by atoms with E-state index in [0.29, 0.717) is 0 Å². The van der Waals surface area contributed by atoms with Crippen molar-refractivity contribution >= 4 is 13.8 Å². The van der Waals surface area contributed by atoms with E-state index in [-0.39, 0.29) is 0 Å². The number of carbonyl (C=O) groups is 1. The molecular weight excluding hydrogens is 219 g/mol. The fourth-order valence-corrected chi connectivity index (χ4v) is 0.938. The van der Waals surface area contributed by atoms with Crippen molar-refractivity contribution < 1.29 is 39.0 Å². The lowest BCUT2D eigenvalue weighted by Crippen LogP contribution is -2.31. The smallest absolute Gasteiger partial charge is 0.394 e. The highest BCUT2D eigenvalue weighted by molar-refractivity contribution is 7.46. The van der Waals surface area contributed by atoms with Crippen molar-refractivity contribution in [2.24, 2.45) is 0 Å². The minimum Gasteiger partial charge on any atom is -0.394 e. The molecule has 0 aliphatic heterocycles. The Balaban J connectivity index is 4.01. The van der Waals surface area contributed by atoms with E-state index in [1.54, 1.807) is 0 Å². The van der Waals surface area contributed by atoms with Gasteiger partial charge in [-0.05, 0) is 0 Å². The summed E-state index contributed by atoms with van der Waals surface area (Å²) in [7, 11) is -4.92. The van der Waals surface area contributed by atoms with E-state index in [0.717, 1.165) is 0 Å². The topological polar surface area (TPSA) is 145 Å². The summed E-state index contributed by atoms with van der Waals surface area (Å²) in [6, 6.07) is 0. The quantitative estimate of drug-likeness (QED) is 0.332. The first kappa shape index (κ1) is 13.5. The predicted octanol–water partition coefficient (Wildman–Crippen LogP) is -2.27. The summed E-state index contributed by atoms with van der Waals surface area (Å²) in [6.07, 6.45) is -3.99. The summed E-state index contributed by atoms with van der Waals surface area (Å²) in [5.74, 6) is -1.36. The normalized spacial score (nSPS) is 16.1. The Morgan fingerprint density at radius 3 is 2.14 bits per heavy atom. The van der Waals surface area contributed by atoms with Crippen LogP contribution in [0, 0.1) is 0 Å². The van der Waals surface area contributed by atoms with Crippen molar-refractivity contribution in [2.75, 3.05) is 6.61 Å². The number of aliphatic hydroxyl groups excluding tert-OH is 3. The fourth-order valence-electron chi connectivity index (χ4n) is 0.598. The Hall–Kier alpha value is -0.500. The first-order valence-corrected chi connectivity index (χ1v) is 5.04. The molecule has 0 radical (unpaired) electrons. The molecule has 14 heavy (non-hydrogen) atoms. The highest BCUT2D eigenvalue weighted by atomic mass is 31.2. The summed E-state index contributed by atoms with van der Waals surface area (Å²) >= 11 is 0. The first-order valence-electron chi connectivity index (χ1n) is 3.51. The number of phosphoric acid groups is 1. The predicted molar refractivity (Wildman–Crippen MR) is 41.9 cm³/mol. The Kier molecular flexibility index (Phi) is 5.21. The van der Waals surface area contributed by atoms with E-state index >= 15 is 0 Å². The van der Waals surface area contributed by atoms with Gasteiger partial charge in [0.1, 0.15) is 6.10 Å². The SMILES string of the molecule is O=C(C[C@H](O)[C@H](O)CO)OP(=O)(O)O. The molecule has 0 amide bonds. The van der Waals surface area contributed by atoms with Gasteiger partial charge < -0.3 is 19.8 Å². The van der Waals surface area contributed by atoms with Gasteiger partial charge in [0.05, 0.1) is 19.1 Å². The average Bonchev–Trinajstić information content (AvgIpc) is 1.99. The number of phosphoric ester groups is 1. The average molecular weight is 230 g/mol. The van der Waals surface area contributed by atoms with Crippen molar-refractivity contribution in [3.8, 4) is 0 Å². The van der Waals surface area contributed by atoms with Crippen molar-refractivity contribution in [1.29, 1.82) is 0 Å². The molecule has 0 heterocycles.